The summed E-state index contributed by atoms with van der Waals surface area (Å²) in [6, 6.07) is 4.41. The zero-order valence-electron chi connectivity index (χ0n) is 22.8. The molecule has 39 heavy (non-hydrogen) atoms. The molecule has 0 radical (unpaired) electrons. The van der Waals surface area contributed by atoms with E-state index in [2.05, 4.69) is 4.98 Å². The van der Waals surface area contributed by atoms with Crippen molar-refractivity contribution in [3.05, 3.63) is 35.3 Å². The average molecular weight is 543 g/mol. The molecule has 0 bridgehead atoms. The molecule has 1 saturated heterocycles. The summed E-state index contributed by atoms with van der Waals surface area (Å²) in [5.41, 5.74) is 0.496. The largest absolute Gasteiger partial charge is 0.476 e. The molecule has 212 valence electrons. The van der Waals surface area contributed by atoms with Crippen LogP contribution in [-0.4, -0.2) is 51.9 Å². The molecule has 2 aliphatic carbocycles. The number of carbonyl (C=O) groups excluding carboxylic acids is 2. The highest BCUT2D eigenvalue weighted by molar-refractivity contribution is 5.96. The SMILES string of the molecule is CC(CF)C1CCC(C(=O)N2CC[C@@H](C3CCCCC3)[C@H]2C(=O)Cc2ccc3[nH]c(C(=O)O)c(F)c3c2)CC1. The molecule has 0 spiro atoms. The van der Waals surface area contributed by atoms with E-state index in [0.717, 1.165) is 57.8 Å². The van der Waals surface area contributed by atoms with Crippen molar-refractivity contribution in [3.8, 4) is 0 Å². The van der Waals surface area contributed by atoms with Crippen molar-refractivity contribution in [1.29, 1.82) is 0 Å². The lowest BCUT2D eigenvalue weighted by Crippen LogP contribution is -2.48. The Bertz CT molecular complexity index is 1210. The number of alkyl halides is 1. The summed E-state index contributed by atoms with van der Waals surface area (Å²) in [6.45, 7) is 2.20. The van der Waals surface area contributed by atoms with E-state index in [1.165, 1.54) is 6.42 Å². The number of aromatic amines is 1. The van der Waals surface area contributed by atoms with Crippen molar-refractivity contribution in [2.45, 2.75) is 83.6 Å². The number of nitrogens with zero attached hydrogens (tertiary/aromatic N) is 1. The number of amides is 1. The maximum absolute atomic E-state index is 14.7. The van der Waals surface area contributed by atoms with Crippen molar-refractivity contribution >= 4 is 28.6 Å². The summed E-state index contributed by atoms with van der Waals surface area (Å²) >= 11 is 0. The van der Waals surface area contributed by atoms with E-state index in [1.807, 2.05) is 11.8 Å². The third kappa shape index (κ3) is 5.62. The standard InChI is InChI=1S/C31H40F2N2O4/c1-18(17-32)20-8-10-22(11-9-20)30(37)35-14-13-23(21-5-3-2-4-6-21)29(35)26(36)16-19-7-12-25-24(15-19)27(33)28(34-25)31(38)39/h7,12,15,18,20-23,29,34H,2-6,8-11,13-14,16-17H2,1H3,(H,38,39)/t18?,20?,22?,23-,29-/m0/s1. The third-order valence-electron chi connectivity index (χ3n) is 9.87. The summed E-state index contributed by atoms with van der Waals surface area (Å²) in [6.07, 6.45) is 9.78. The lowest BCUT2D eigenvalue weighted by Gasteiger charge is -2.37. The van der Waals surface area contributed by atoms with Crippen LogP contribution in [0.25, 0.3) is 10.9 Å². The van der Waals surface area contributed by atoms with Crippen LogP contribution in [0.15, 0.2) is 18.2 Å². The molecule has 1 aromatic carbocycles. The summed E-state index contributed by atoms with van der Waals surface area (Å²) < 4.78 is 27.9. The summed E-state index contributed by atoms with van der Waals surface area (Å²) in [7, 11) is 0. The van der Waals surface area contributed by atoms with Gasteiger partial charge in [0.25, 0.3) is 0 Å². The van der Waals surface area contributed by atoms with Crippen molar-refractivity contribution in [1.82, 2.24) is 9.88 Å². The molecule has 1 unspecified atom stereocenters. The molecule has 1 aliphatic heterocycles. The number of benzene rings is 1. The van der Waals surface area contributed by atoms with Crippen LogP contribution in [0.2, 0.25) is 0 Å². The van der Waals surface area contributed by atoms with Gasteiger partial charge in [-0.25, -0.2) is 9.18 Å². The lowest BCUT2D eigenvalue weighted by molar-refractivity contribution is -0.143. The van der Waals surface area contributed by atoms with Crippen molar-refractivity contribution < 1.29 is 28.3 Å². The molecule has 5 rings (SSSR count). The predicted molar refractivity (Wildman–Crippen MR) is 145 cm³/mol. The maximum Gasteiger partial charge on any atom is 0.355 e. The number of H-pyrrole nitrogens is 1. The average Bonchev–Trinajstić information content (AvgIpc) is 3.54. The van der Waals surface area contributed by atoms with Gasteiger partial charge in [-0.1, -0.05) is 45.1 Å². The summed E-state index contributed by atoms with van der Waals surface area (Å²) in [5.74, 6) is -1.38. The Balaban J connectivity index is 1.36. The third-order valence-corrected chi connectivity index (χ3v) is 9.87. The first-order chi connectivity index (χ1) is 18.8. The van der Waals surface area contributed by atoms with Crippen LogP contribution >= 0.6 is 0 Å². The van der Waals surface area contributed by atoms with Crippen molar-refractivity contribution in [2.24, 2.45) is 29.6 Å². The minimum Gasteiger partial charge on any atom is -0.476 e. The Morgan fingerprint density at radius 1 is 1.05 bits per heavy atom. The van der Waals surface area contributed by atoms with Crippen molar-refractivity contribution in [3.63, 3.8) is 0 Å². The Morgan fingerprint density at radius 2 is 1.77 bits per heavy atom. The van der Waals surface area contributed by atoms with Gasteiger partial charge < -0.3 is 15.0 Å². The van der Waals surface area contributed by atoms with Gasteiger partial charge in [0.15, 0.2) is 17.3 Å². The number of aromatic nitrogens is 1. The molecule has 2 N–H and O–H groups in total. The molecular formula is C31H40F2N2O4. The summed E-state index contributed by atoms with van der Waals surface area (Å²) in [5, 5.41) is 9.39. The lowest BCUT2D eigenvalue weighted by atomic mass is 9.74. The van der Waals surface area contributed by atoms with E-state index in [1.54, 1.807) is 18.2 Å². The Hall–Kier alpha value is -2.77. The second-order valence-corrected chi connectivity index (χ2v) is 12.2. The number of hydrogen-bond donors (Lipinski definition) is 2. The van der Waals surface area contributed by atoms with Crippen LogP contribution in [-0.2, 0) is 16.0 Å². The number of rotatable bonds is 8. The first kappa shape index (κ1) is 27.8. The number of aromatic carboxylic acids is 1. The second-order valence-electron chi connectivity index (χ2n) is 12.2. The smallest absolute Gasteiger partial charge is 0.355 e. The van der Waals surface area contributed by atoms with Crippen molar-refractivity contribution in [2.75, 3.05) is 13.2 Å². The van der Waals surface area contributed by atoms with Crippen LogP contribution in [0.5, 0.6) is 0 Å². The zero-order chi connectivity index (χ0) is 27.7. The number of ketones is 1. The first-order valence-electron chi connectivity index (χ1n) is 14.7. The number of fused-ring (bicyclic) bond motifs is 1. The molecule has 3 aliphatic rings. The second kappa shape index (κ2) is 11.8. The molecule has 2 saturated carbocycles. The minimum atomic E-state index is -1.37. The van der Waals surface area contributed by atoms with Gasteiger partial charge in [0, 0.05) is 29.8 Å². The highest BCUT2D eigenvalue weighted by Gasteiger charge is 2.46. The molecular weight excluding hydrogens is 502 g/mol. The number of nitrogens with one attached hydrogen (secondary N) is 1. The number of hydrogen-bond acceptors (Lipinski definition) is 3. The van der Waals surface area contributed by atoms with Gasteiger partial charge in [0.1, 0.15) is 0 Å². The van der Waals surface area contributed by atoms with E-state index < -0.39 is 23.5 Å². The van der Waals surface area contributed by atoms with Gasteiger partial charge in [-0.05, 0) is 73.5 Å². The zero-order valence-corrected chi connectivity index (χ0v) is 22.8. The number of carboxylic acid groups (broad SMARTS) is 1. The molecule has 3 atom stereocenters. The van der Waals surface area contributed by atoms with Gasteiger partial charge in [-0.2, -0.15) is 0 Å². The Morgan fingerprint density at radius 3 is 2.44 bits per heavy atom. The number of likely N-dealkylation sites (tertiary alicyclic amines) is 1. The first-order valence-corrected chi connectivity index (χ1v) is 14.7. The van der Waals surface area contributed by atoms with Crippen LogP contribution in [0.3, 0.4) is 0 Å². The highest BCUT2D eigenvalue weighted by Crippen LogP contribution is 2.42. The monoisotopic (exact) mass is 542 g/mol. The number of carboxylic acids is 1. The normalized spacial score (nSPS) is 27.1. The topological polar surface area (TPSA) is 90.5 Å². The molecule has 1 aromatic heterocycles. The molecule has 6 nitrogen and oxygen atoms in total. The Kier molecular flexibility index (Phi) is 8.38. The molecule has 2 aromatic rings. The van der Waals surface area contributed by atoms with Crippen LogP contribution in [0.1, 0.15) is 87.2 Å². The molecule has 8 heteroatoms. The predicted octanol–water partition coefficient (Wildman–Crippen LogP) is 6.33. The van der Waals surface area contributed by atoms with E-state index in [9.17, 15) is 28.3 Å². The number of carbonyl (C=O) groups is 3. The van der Waals surface area contributed by atoms with E-state index >= 15 is 0 Å². The maximum atomic E-state index is 14.7. The fraction of sp³-hybridized carbons (Fsp3) is 0.645. The van der Waals surface area contributed by atoms with E-state index in [-0.39, 0.29) is 47.9 Å². The molecule has 1 amide bonds. The van der Waals surface area contributed by atoms with Gasteiger partial charge in [0.05, 0.1) is 12.7 Å². The number of halogens is 2. The van der Waals surface area contributed by atoms with Gasteiger partial charge in [-0.3, -0.25) is 14.0 Å². The quantitative estimate of drug-likeness (QED) is 0.408. The van der Waals surface area contributed by atoms with Crippen LogP contribution < -0.4 is 0 Å². The van der Waals surface area contributed by atoms with Gasteiger partial charge >= 0.3 is 5.97 Å². The minimum absolute atomic E-state index is 0.0200. The van der Waals surface area contributed by atoms with Crippen LogP contribution in [0.4, 0.5) is 8.78 Å². The summed E-state index contributed by atoms with van der Waals surface area (Å²) in [4.78, 5) is 43.5. The van der Waals surface area contributed by atoms with Crippen LogP contribution in [0, 0.1) is 35.4 Å². The molecule has 3 fully saturated rings. The molecule has 2 heterocycles. The fourth-order valence-corrected chi connectivity index (χ4v) is 7.60. The van der Waals surface area contributed by atoms with Gasteiger partial charge in [0.2, 0.25) is 5.91 Å². The number of Topliss-reactive ketones (excluding diaryl/α,β-unsaturated/α-hetero) is 1. The fourth-order valence-electron chi connectivity index (χ4n) is 7.60. The van der Waals surface area contributed by atoms with E-state index in [0.29, 0.717) is 29.5 Å². The van der Waals surface area contributed by atoms with E-state index in [4.69, 9.17) is 0 Å². The highest BCUT2D eigenvalue weighted by atomic mass is 19.1. The Labute approximate surface area is 228 Å². The van der Waals surface area contributed by atoms with Gasteiger partial charge in [-0.15, -0.1) is 0 Å².